The number of carbonyl (C=O) groups excluding carboxylic acids is 1. The van der Waals surface area contributed by atoms with E-state index in [9.17, 15) is 4.79 Å². The predicted molar refractivity (Wildman–Crippen MR) is 86.4 cm³/mol. The number of rotatable bonds is 2. The van der Waals surface area contributed by atoms with Crippen LogP contribution in [0.15, 0.2) is 24.3 Å². The summed E-state index contributed by atoms with van der Waals surface area (Å²) >= 11 is 0. The molecule has 2 N–H and O–H groups in total. The molecular formula is C18H26N2O. The summed E-state index contributed by atoms with van der Waals surface area (Å²) in [5.74, 6) is 0.126. The SMILES string of the molecule is CC1(C)CCCCC1NC1CCc2ccccc2NC1=O. The van der Waals surface area contributed by atoms with Crippen LogP contribution >= 0.6 is 0 Å². The summed E-state index contributed by atoms with van der Waals surface area (Å²) in [5.41, 5.74) is 2.52. The fourth-order valence-corrected chi connectivity index (χ4v) is 3.72. The molecule has 0 spiro atoms. The van der Waals surface area contributed by atoms with Crippen LogP contribution in [0.4, 0.5) is 5.69 Å². The molecule has 0 aromatic heterocycles. The van der Waals surface area contributed by atoms with Crippen LogP contribution in [0.2, 0.25) is 0 Å². The fraction of sp³-hybridized carbons (Fsp3) is 0.611. The molecule has 2 aliphatic rings. The lowest BCUT2D eigenvalue weighted by Gasteiger charge is -2.40. The summed E-state index contributed by atoms with van der Waals surface area (Å²) in [6, 6.07) is 8.52. The third-order valence-electron chi connectivity index (χ3n) is 5.20. The molecule has 0 bridgehead atoms. The van der Waals surface area contributed by atoms with Crippen molar-refractivity contribution in [1.29, 1.82) is 0 Å². The van der Waals surface area contributed by atoms with Crippen molar-refractivity contribution in [1.82, 2.24) is 5.32 Å². The topological polar surface area (TPSA) is 41.1 Å². The Bertz CT molecular complexity index is 524. The van der Waals surface area contributed by atoms with Crippen molar-refractivity contribution in [3.05, 3.63) is 29.8 Å². The Morgan fingerprint density at radius 1 is 1.19 bits per heavy atom. The van der Waals surface area contributed by atoms with Gasteiger partial charge in [-0.25, -0.2) is 0 Å². The number of para-hydroxylation sites is 1. The fourth-order valence-electron chi connectivity index (χ4n) is 3.72. The highest BCUT2D eigenvalue weighted by Gasteiger charge is 2.35. The van der Waals surface area contributed by atoms with Crippen molar-refractivity contribution in [2.75, 3.05) is 5.32 Å². The van der Waals surface area contributed by atoms with Crippen LogP contribution in [0.1, 0.15) is 51.5 Å². The third kappa shape index (κ3) is 3.13. The lowest BCUT2D eigenvalue weighted by Crippen LogP contribution is -2.52. The van der Waals surface area contributed by atoms with Gasteiger partial charge in [0.1, 0.15) is 0 Å². The van der Waals surface area contributed by atoms with Crippen LogP contribution in [-0.4, -0.2) is 18.0 Å². The second kappa shape index (κ2) is 5.80. The first-order chi connectivity index (χ1) is 10.1. The van der Waals surface area contributed by atoms with Crippen molar-refractivity contribution in [2.45, 2.75) is 64.5 Å². The number of carbonyl (C=O) groups is 1. The second-order valence-corrected chi connectivity index (χ2v) is 7.19. The standard InChI is InChI=1S/C18H26N2O/c1-18(2)12-6-5-9-16(18)19-15-11-10-13-7-3-4-8-14(13)20-17(15)21/h3-4,7-8,15-16,19H,5-6,9-12H2,1-2H3,(H,20,21). The minimum atomic E-state index is -0.0697. The summed E-state index contributed by atoms with van der Waals surface area (Å²) in [5, 5.41) is 6.75. The minimum Gasteiger partial charge on any atom is -0.324 e. The number of fused-ring (bicyclic) bond motifs is 1. The maximum atomic E-state index is 12.5. The smallest absolute Gasteiger partial charge is 0.241 e. The van der Waals surface area contributed by atoms with Crippen molar-refractivity contribution < 1.29 is 4.79 Å². The first-order valence-electron chi connectivity index (χ1n) is 8.21. The quantitative estimate of drug-likeness (QED) is 0.873. The van der Waals surface area contributed by atoms with Gasteiger partial charge in [-0.2, -0.15) is 0 Å². The maximum Gasteiger partial charge on any atom is 0.241 e. The molecule has 3 heteroatoms. The number of hydrogen-bond acceptors (Lipinski definition) is 2. The highest BCUT2D eigenvalue weighted by atomic mass is 16.2. The molecule has 3 rings (SSSR count). The molecule has 1 fully saturated rings. The Morgan fingerprint density at radius 2 is 2.00 bits per heavy atom. The van der Waals surface area contributed by atoms with E-state index in [2.05, 4.69) is 30.5 Å². The molecule has 2 atom stereocenters. The van der Waals surface area contributed by atoms with Crippen molar-refractivity contribution in [2.24, 2.45) is 5.41 Å². The van der Waals surface area contributed by atoms with Gasteiger partial charge in [0.05, 0.1) is 6.04 Å². The molecule has 2 unspecified atom stereocenters. The van der Waals surface area contributed by atoms with E-state index in [0.29, 0.717) is 6.04 Å². The number of nitrogens with one attached hydrogen (secondary N) is 2. The van der Waals surface area contributed by atoms with Gasteiger partial charge in [-0.1, -0.05) is 44.9 Å². The molecule has 3 nitrogen and oxygen atoms in total. The van der Waals surface area contributed by atoms with Crippen LogP contribution in [0, 0.1) is 5.41 Å². The van der Waals surface area contributed by atoms with Gasteiger partial charge in [0.25, 0.3) is 0 Å². The van der Waals surface area contributed by atoms with E-state index in [1.165, 1.54) is 31.2 Å². The van der Waals surface area contributed by atoms with Crippen molar-refractivity contribution >= 4 is 11.6 Å². The van der Waals surface area contributed by atoms with E-state index < -0.39 is 0 Å². The van der Waals surface area contributed by atoms with E-state index >= 15 is 0 Å². The first kappa shape index (κ1) is 14.6. The summed E-state index contributed by atoms with van der Waals surface area (Å²) in [7, 11) is 0. The molecule has 1 aliphatic heterocycles. The Labute approximate surface area is 127 Å². The summed E-state index contributed by atoms with van der Waals surface area (Å²) in [6.45, 7) is 4.65. The Kier molecular flexibility index (Phi) is 4.03. The van der Waals surface area contributed by atoms with E-state index in [1.54, 1.807) is 0 Å². The minimum absolute atomic E-state index is 0.0697. The molecule has 0 saturated heterocycles. The van der Waals surface area contributed by atoms with Gasteiger partial charge in [-0.3, -0.25) is 4.79 Å². The van der Waals surface area contributed by atoms with Gasteiger partial charge >= 0.3 is 0 Å². The van der Waals surface area contributed by atoms with Gasteiger partial charge < -0.3 is 10.6 Å². The zero-order valence-corrected chi connectivity index (χ0v) is 13.1. The Balaban J connectivity index is 1.71. The monoisotopic (exact) mass is 286 g/mol. The number of amides is 1. The Morgan fingerprint density at radius 3 is 2.81 bits per heavy atom. The number of benzene rings is 1. The van der Waals surface area contributed by atoms with E-state index in [0.717, 1.165) is 18.5 Å². The molecule has 1 aliphatic carbocycles. The highest BCUT2D eigenvalue weighted by molar-refractivity contribution is 5.96. The normalized spacial score (nSPS) is 28.4. The average molecular weight is 286 g/mol. The Hall–Kier alpha value is -1.35. The largest absolute Gasteiger partial charge is 0.324 e. The second-order valence-electron chi connectivity index (χ2n) is 7.19. The van der Waals surface area contributed by atoms with Gasteiger partial charge in [-0.05, 0) is 42.7 Å². The van der Waals surface area contributed by atoms with Crippen LogP contribution in [-0.2, 0) is 11.2 Å². The van der Waals surface area contributed by atoms with Gasteiger partial charge in [0, 0.05) is 11.7 Å². The van der Waals surface area contributed by atoms with E-state index in [-0.39, 0.29) is 17.4 Å². The zero-order chi connectivity index (χ0) is 14.9. The number of aryl methyl sites for hydroxylation is 1. The molecule has 1 aromatic rings. The predicted octanol–water partition coefficient (Wildman–Crippen LogP) is 3.50. The molecule has 1 heterocycles. The molecule has 21 heavy (non-hydrogen) atoms. The average Bonchev–Trinajstić information content (AvgIpc) is 2.60. The van der Waals surface area contributed by atoms with E-state index in [4.69, 9.17) is 0 Å². The zero-order valence-electron chi connectivity index (χ0n) is 13.1. The van der Waals surface area contributed by atoms with E-state index in [1.807, 2.05) is 18.2 Å². The van der Waals surface area contributed by atoms with Crippen molar-refractivity contribution in [3.63, 3.8) is 0 Å². The van der Waals surface area contributed by atoms with Crippen LogP contribution in [0.3, 0.4) is 0 Å². The summed E-state index contributed by atoms with van der Waals surface area (Å²) in [6.07, 6.45) is 6.86. The van der Waals surface area contributed by atoms with Crippen LogP contribution in [0.25, 0.3) is 0 Å². The number of hydrogen-bond donors (Lipinski definition) is 2. The highest BCUT2D eigenvalue weighted by Crippen LogP contribution is 2.36. The molecular weight excluding hydrogens is 260 g/mol. The van der Waals surface area contributed by atoms with Crippen molar-refractivity contribution in [3.8, 4) is 0 Å². The molecule has 1 aromatic carbocycles. The summed E-state index contributed by atoms with van der Waals surface area (Å²) < 4.78 is 0. The third-order valence-corrected chi connectivity index (χ3v) is 5.20. The van der Waals surface area contributed by atoms with Gasteiger partial charge in [0.15, 0.2) is 0 Å². The lowest BCUT2D eigenvalue weighted by atomic mass is 9.73. The number of anilines is 1. The van der Waals surface area contributed by atoms with Crippen LogP contribution < -0.4 is 10.6 Å². The first-order valence-corrected chi connectivity index (χ1v) is 8.21. The molecule has 0 radical (unpaired) electrons. The lowest BCUT2D eigenvalue weighted by molar-refractivity contribution is -0.118. The molecule has 1 saturated carbocycles. The summed E-state index contributed by atoms with van der Waals surface area (Å²) in [4.78, 5) is 12.5. The maximum absolute atomic E-state index is 12.5. The van der Waals surface area contributed by atoms with Gasteiger partial charge in [0.2, 0.25) is 5.91 Å². The van der Waals surface area contributed by atoms with Crippen LogP contribution in [0.5, 0.6) is 0 Å². The molecule has 1 amide bonds. The van der Waals surface area contributed by atoms with Gasteiger partial charge in [-0.15, -0.1) is 0 Å². The molecule has 114 valence electrons.